The highest BCUT2D eigenvalue weighted by molar-refractivity contribution is 6.42. The Bertz CT molecular complexity index is 629. The van der Waals surface area contributed by atoms with Gasteiger partial charge in [-0.2, -0.15) is 0 Å². The summed E-state index contributed by atoms with van der Waals surface area (Å²) in [6.07, 6.45) is 5.43. The summed E-state index contributed by atoms with van der Waals surface area (Å²) in [5.41, 5.74) is 0.884. The average Bonchev–Trinajstić information content (AvgIpc) is 3.04. The standard InChI is InChI=1S/C19H26Cl2N2O2.ClH/c1-22(19(25)11-13-6-7-15(20)16(21)10-13)17-4-2-3-5-18(17)23-9-8-14(24)12-23;/h6-7,10,14,17-18,24H,2-5,8-9,11-12H2,1H3;1H/t14?,17-,18-;/m1./s1. The summed E-state index contributed by atoms with van der Waals surface area (Å²) >= 11 is 12.0. The lowest BCUT2D eigenvalue weighted by Crippen LogP contribution is -2.53. The molecule has 1 saturated heterocycles. The monoisotopic (exact) mass is 420 g/mol. The molecule has 26 heavy (non-hydrogen) atoms. The second-order valence-corrected chi connectivity index (χ2v) is 8.10. The van der Waals surface area contributed by atoms with E-state index in [1.807, 2.05) is 18.0 Å². The number of benzene rings is 1. The topological polar surface area (TPSA) is 43.8 Å². The number of hydrogen-bond acceptors (Lipinski definition) is 3. The number of amides is 1. The van der Waals surface area contributed by atoms with Crippen LogP contribution in [0.3, 0.4) is 0 Å². The molecule has 1 aromatic carbocycles. The first-order valence-corrected chi connectivity index (χ1v) is 9.83. The fourth-order valence-corrected chi connectivity index (χ4v) is 4.49. The molecule has 1 aliphatic carbocycles. The summed E-state index contributed by atoms with van der Waals surface area (Å²) in [7, 11) is 1.91. The second kappa shape index (κ2) is 9.61. The highest BCUT2D eigenvalue weighted by atomic mass is 35.5. The maximum Gasteiger partial charge on any atom is 0.227 e. The third-order valence-corrected chi connectivity index (χ3v) is 6.33. The van der Waals surface area contributed by atoms with Crippen molar-refractivity contribution in [2.75, 3.05) is 20.1 Å². The van der Waals surface area contributed by atoms with Crippen LogP contribution < -0.4 is 0 Å². The molecule has 0 aromatic heterocycles. The van der Waals surface area contributed by atoms with E-state index in [0.717, 1.165) is 44.3 Å². The van der Waals surface area contributed by atoms with Crippen LogP contribution in [0.25, 0.3) is 0 Å². The number of aliphatic hydroxyl groups excluding tert-OH is 1. The molecule has 3 rings (SSSR count). The molecule has 0 radical (unpaired) electrons. The average molecular weight is 422 g/mol. The third-order valence-electron chi connectivity index (χ3n) is 5.59. The van der Waals surface area contributed by atoms with E-state index >= 15 is 0 Å². The van der Waals surface area contributed by atoms with Gasteiger partial charge in [-0.3, -0.25) is 9.69 Å². The Balaban J connectivity index is 0.00000243. The number of β-amino-alcohol motifs (C(OH)–C–C–N with tert-alkyl or cyclic N) is 1. The third kappa shape index (κ3) is 5.05. The summed E-state index contributed by atoms with van der Waals surface area (Å²) in [6.45, 7) is 1.66. The van der Waals surface area contributed by atoms with Crippen LogP contribution in [0.2, 0.25) is 10.0 Å². The Labute approximate surface area is 171 Å². The van der Waals surface area contributed by atoms with Gasteiger partial charge in [0.25, 0.3) is 0 Å². The van der Waals surface area contributed by atoms with E-state index in [4.69, 9.17) is 23.2 Å². The van der Waals surface area contributed by atoms with Gasteiger partial charge >= 0.3 is 0 Å². The van der Waals surface area contributed by atoms with Gasteiger partial charge in [-0.25, -0.2) is 0 Å². The summed E-state index contributed by atoms with van der Waals surface area (Å²) in [6, 6.07) is 5.93. The zero-order chi connectivity index (χ0) is 18.0. The molecule has 3 atom stereocenters. The number of carbonyl (C=O) groups is 1. The Morgan fingerprint density at radius 1 is 1.23 bits per heavy atom. The SMILES string of the molecule is CN(C(=O)Cc1ccc(Cl)c(Cl)c1)[C@@H]1CCCC[C@H]1N1CCC(O)C1.Cl. The Kier molecular flexibility index (Phi) is 8.05. The van der Waals surface area contributed by atoms with Crippen molar-refractivity contribution in [1.29, 1.82) is 0 Å². The van der Waals surface area contributed by atoms with Crippen LogP contribution in [0.1, 0.15) is 37.7 Å². The number of likely N-dealkylation sites (N-methyl/N-ethyl adjacent to an activating group) is 1. The van der Waals surface area contributed by atoms with E-state index in [2.05, 4.69) is 4.90 Å². The zero-order valence-electron chi connectivity index (χ0n) is 15.0. The van der Waals surface area contributed by atoms with E-state index in [9.17, 15) is 9.90 Å². The maximum atomic E-state index is 12.8. The summed E-state index contributed by atoms with van der Waals surface area (Å²) in [5.74, 6) is 0.107. The largest absolute Gasteiger partial charge is 0.392 e. The fraction of sp³-hybridized carbons (Fsp3) is 0.632. The molecule has 1 heterocycles. The molecule has 1 unspecified atom stereocenters. The molecule has 1 amide bonds. The number of carbonyl (C=O) groups excluding carboxylic acids is 1. The predicted molar refractivity (Wildman–Crippen MR) is 108 cm³/mol. The van der Waals surface area contributed by atoms with Crippen molar-refractivity contribution in [1.82, 2.24) is 9.80 Å². The van der Waals surface area contributed by atoms with Crippen LogP contribution in [-0.2, 0) is 11.2 Å². The van der Waals surface area contributed by atoms with E-state index in [1.54, 1.807) is 12.1 Å². The van der Waals surface area contributed by atoms with Crippen molar-refractivity contribution in [2.24, 2.45) is 0 Å². The number of halogens is 3. The zero-order valence-corrected chi connectivity index (χ0v) is 17.4. The summed E-state index contributed by atoms with van der Waals surface area (Å²) in [4.78, 5) is 17.1. The van der Waals surface area contributed by atoms with Gasteiger partial charge in [0, 0.05) is 32.2 Å². The minimum atomic E-state index is -0.222. The van der Waals surface area contributed by atoms with Crippen LogP contribution >= 0.6 is 35.6 Å². The Hall–Kier alpha value is -0.520. The molecular formula is C19H27Cl3N2O2. The number of hydrogen-bond donors (Lipinski definition) is 1. The molecule has 1 aromatic rings. The van der Waals surface area contributed by atoms with Crippen molar-refractivity contribution >= 4 is 41.5 Å². The first kappa shape index (κ1) is 21.8. The molecular weight excluding hydrogens is 395 g/mol. The van der Waals surface area contributed by atoms with Gasteiger partial charge in [0.1, 0.15) is 0 Å². The predicted octanol–water partition coefficient (Wildman–Crippen LogP) is 3.79. The molecule has 0 bridgehead atoms. The molecule has 0 spiro atoms. The first-order chi connectivity index (χ1) is 12.0. The van der Waals surface area contributed by atoms with E-state index in [-0.39, 0.29) is 30.5 Å². The van der Waals surface area contributed by atoms with E-state index in [0.29, 0.717) is 22.5 Å². The van der Waals surface area contributed by atoms with Crippen LogP contribution in [0.4, 0.5) is 0 Å². The quantitative estimate of drug-likeness (QED) is 0.804. The smallest absolute Gasteiger partial charge is 0.227 e. The summed E-state index contributed by atoms with van der Waals surface area (Å²) in [5, 5.41) is 10.9. The minimum Gasteiger partial charge on any atom is -0.392 e. The highest BCUT2D eigenvalue weighted by Gasteiger charge is 2.37. The van der Waals surface area contributed by atoms with Crippen LogP contribution in [-0.4, -0.2) is 59.1 Å². The Morgan fingerprint density at radius 3 is 2.62 bits per heavy atom. The van der Waals surface area contributed by atoms with Gasteiger partial charge in [-0.15, -0.1) is 12.4 Å². The van der Waals surface area contributed by atoms with Gasteiger partial charge in [-0.05, 0) is 37.0 Å². The maximum absolute atomic E-state index is 12.8. The van der Waals surface area contributed by atoms with Crippen molar-refractivity contribution in [3.8, 4) is 0 Å². The first-order valence-electron chi connectivity index (χ1n) is 9.07. The van der Waals surface area contributed by atoms with Crippen molar-refractivity contribution in [3.63, 3.8) is 0 Å². The van der Waals surface area contributed by atoms with Crippen LogP contribution in [0, 0.1) is 0 Å². The number of aliphatic hydroxyl groups is 1. The number of rotatable bonds is 4. The molecule has 2 fully saturated rings. The van der Waals surface area contributed by atoms with Gasteiger partial charge in [0.05, 0.1) is 22.6 Å². The van der Waals surface area contributed by atoms with Crippen molar-refractivity contribution < 1.29 is 9.90 Å². The highest BCUT2D eigenvalue weighted by Crippen LogP contribution is 2.30. The van der Waals surface area contributed by atoms with Crippen LogP contribution in [0.5, 0.6) is 0 Å². The minimum absolute atomic E-state index is 0. The van der Waals surface area contributed by atoms with Crippen LogP contribution in [0.15, 0.2) is 18.2 Å². The normalized spacial score (nSPS) is 26.4. The van der Waals surface area contributed by atoms with E-state index < -0.39 is 0 Å². The molecule has 2 aliphatic rings. The summed E-state index contributed by atoms with van der Waals surface area (Å²) < 4.78 is 0. The molecule has 146 valence electrons. The molecule has 1 N–H and O–H groups in total. The lowest BCUT2D eigenvalue weighted by atomic mass is 9.88. The lowest BCUT2D eigenvalue weighted by Gasteiger charge is -2.42. The number of likely N-dealkylation sites (tertiary alicyclic amines) is 1. The molecule has 4 nitrogen and oxygen atoms in total. The second-order valence-electron chi connectivity index (χ2n) is 7.29. The number of nitrogens with zero attached hydrogens (tertiary/aromatic N) is 2. The van der Waals surface area contributed by atoms with Gasteiger partial charge in [-0.1, -0.05) is 42.1 Å². The van der Waals surface area contributed by atoms with E-state index in [1.165, 1.54) is 6.42 Å². The fourth-order valence-electron chi connectivity index (χ4n) is 4.17. The van der Waals surface area contributed by atoms with Gasteiger partial charge in [0.2, 0.25) is 5.91 Å². The molecule has 1 saturated carbocycles. The van der Waals surface area contributed by atoms with Crippen molar-refractivity contribution in [2.45, 2.75) is 56.7 Å². The van der Waals surface area contributed by atoms with Gasteiger partial charge < -0.3 is 10.0 Å². The van der Waals surface area contributed by atoms with Crippen molar-refractivity contribution in [3.05, 3.63) is 33.8 Å². The lowest BCUT2D eigenvalue weighted by molar-refractivity contribution is -0.133. The Morgan fingerprint density at radius 2 is 1.96 bits per heavy atom. The van der Waals surface area contributed by atoms with Gasteiger partial charge in [0.15, 0.2) is 0 Å². The molecule has 7 heteroatoms. The molecule has 1 aliphatic heterocycles.